The van der Waals surface area contributed by atoms with Crippen molar-refractivity contribution in [1.82, 2.24) is 0 Å². The summed E-state index contributed by atoms with van der Waals surface area (Å²) in [6.45, 7) is 0. The second-order valence-corrected chi connectivity index (χ2v) is 7.05. The molecule has 0 radical (unpaired) electrons. The van der Waals surface area contributed by atoms with E-state index in [2.05, 4.69) is 54.6 Å². The molecule has 0 atom stereocenters. The van der Waals surface area contributed by atoms with E-state index in [1.807, 2.05) is 24.3 Å². The minimum atomic E-state index is 0.0738. The molecule has 0 heterocycles. The van der Waals surface area contributed by atoms with E-state index in [4.69, 9.17) is 4.74 Å². The molecule has 128 valence electrons. The van der Waals surface area contributed by atoms with Crippen LogP contribution in [0.4, 0.5) is 0 Å². The quantitative estimate of drug-likeness (QED) is 0.414. The third-order valence-electron chi connectivity index (χ3n) is 4.56. The third kappa shape index (κ3) is 3.18. The molecule has 0 saturated heterocycles. The molecule has 26 heavy (non-hydrogen) atoms. The van der Waals surface area contributed by atoms with Gasteiger partial charge >= 0.3 is 0 Å². The van der Waals surface area contributed by atoms with E-state index in [1.165, 1.54) is 38.9 Å². The molecular weight excluding hydrogens is 340 g/mol. The maximum absolute atomic E-state index is 12.6. The largest absolute Gasteiger partial charge is 0.497 e. The van der Waals surface area contributed by atoms with Crippen molar-refractivity contribution in [2.75, 3.05) is 7.11 Å². The van der Waals surface area contributed by atoms with Gasteiger partial charge in [0.05, 0.1) is 7.11 Å². The van der Waals surface area contributed by atoms with Crippen LogP contribution in [0.2, 0.25) is 0 Å². The zero-order chi connectivity index (χ0) is 17.9. The van der Waals surface area contributed by atoms with E-state index in [0.29, 0.717) is 11.3 Å². The number of ether oxygens (including phenoxy) is 1. The molecule has 0 amide bonds. The summed E-state index contributed by atoms with van der Waals surface area (Å²) >= 11 is 1.35. The SMILES string of the molecule is COc1ccc(C(=O)SCc2c3ccccc3cc3ccccc23)cc1. The first-order valence-corrected chi connectivity index (χ1v) is 9.45. The van der Waals surface area contributed by atoms with Gasteiger partial charge in [0.1, 0.15) is 5.75 Å². The summed E-state index contributed by atoms with van der Waals surface area (Å²) in [5.74, 6) is 1.40. The first-order valence-electron chi connectivity index (χ1n) is 8.47. The summed E-state index contributed by atoms with van der Waals surface area (Å²) in [7, 11) is 1.62. The second kappa shape index (κ2) is 7.22. The number of hydrogen-bond donors (Lipinski definition) is 0. The number of thioether (sulfide) groups is 1. The Labute approximate surface area is 156 Å². The summed E-state index contributed by atoms with van der Waals surface area (Å²) in [6.07, 6.45) is 0. The molecule has 0 aliphatic carbocycles. The smallest absolute Gasteiger partial charge is 0.219 e. The Bertz CT molecular complexity index is 1030. The van der Waals surface area contributed by atoms with Gasteiger partial charge in [-0.05, 0) is 57.4 Å². The first kappa shape index (κ1) is 16.7. The zero-order valence-corrected chi connectivity index (χ0v) is 15.3. The molecular formula is C23H18O2S. The van der Waals surface area contributed by atoms with Crippen LogP contribution in [0, 0.1) is 0 Å². The van der Waals surface area contributed by atoms with E-state index >= 15 is 0 Å². The number of carbonyl (C=O) groups is 1. The Kier molecular flexibility index (Phi) is 4.63. The topological polar surface area (TPSA) is 26.3 Å². The standard InChI is InChI=1S/C23H18O2S/c1-25-19-12-10-16(11-13-19)23(24)26-15-22-20-8-4-2-6-17(20)14-18-7-3-5-9-21(18)22/h2-14H,15H2,1H3. The first-order chi connectivity index (χ1) is 12.8. The second-order valence-electron chi connectivity index (χ2n) is 6.10. The normalized spacial score (nSPS) is 11.0. The number of hydrogen-bond acceptors (Lipinski definition) is 3. The van der Waals surface area contributed by atoms with Crippen LogP contribution in [-0.2, 0) is 5.75 Å². The highest BCUT2D eigenvalue weighted by Gasteiger charge is 2.12. The van der Waals surface area contributed by atoms with Gasteiger partial charge < -0.3 is 4.74 Å². The van der Waals surface area contributed by atoms with E-state index in [1.54, 1.807) is 7.11 Å². The predicted molar refractivity (Wildman–Crippen MR) is 110 cm³/mol. The lowest BCUT2D eigenvalue weighted by molar-refractivity contribution is 0.108. The van der Waals surface area contributed by atoms with E-state index in [9.17, 15) is 4.79 Å². The van der Waals surface area contributed by atoms with Gasteiger partial charge in [-0.2, -0.15) is 0 Å². The van der Waals surface area contributed by atoms with E-state index in [-0.39, 0.29) is 5.12 Å². The lowest BCUT2D eigenvalue weighted by Gasteiger charge is -2.11. The van der Waals surface area contributed by atoms with Gasteiger partial charge in [0.2, 0.25) is 5.12 Å². The molecule has 0 spiro atoms. The van der Waals surface area contributed by atoms with Crippen LogP contribution in [0.5, 0.6) is 5.75 Å². The van der Waals surface area contributed by atoms with Gasteiger partial charge in [-0.3, -0.25) is 4.79 Å². The highest BCUT2D eigenvalue weighted by molar-refractivity contribution is 8.13. The van der Waals surface area contributed by atoms with Crippen LogP contribution in [0.1, 0.15) is 15.9 Å². The molecule has 2 nitrogen and oxygen atoms in total. The monoisotopic (exact) mass is 358 g/mol. The fourth-order valence-electron chi connectivity index (χ4n) is 3.21. The molecule has 0 aliphatic heterocycles. The molecule has 4 rings (SSSR count). The molecule has 0 bridgehead atoms. The van der Waals surface area contributed by atoms with Crippen LogP contribution in [0.25, 0.3) is 21.5 Å². The maximum Gasteiger partial charge on any atom is 0.219 e. The molecule has 0 saturated carbocycles. The van der Waals surface area contributed by atoms with Crippen molar-refractivity contribution in [3.8, 4) is 5.75 Å². The highest BCUT2D eigenvalue weighted by atomic mass is 32.2. The number of benzene rings is 4. The third-order valence-corrected chi connectivity index (χ3v) is 5.49. The number of fused-ring (bicyclic) bond motifs is 2. The molecule has 4 aromatic rings. The van der Waals surface area contributed by atoms with Crippen LogP contribution < -0.4 is 4.74 Å². The van der Waals surface area contributed by atoms with Gasteiger partial charge in [0.25, 0.3) is 0 Å². The Hall–Kier alpha value is -2.78. The molecule has 0 aliphatic rings. The molecule has 0 aromatic heterocycles. The van der Waals surface area contributed by atoms with Crippen molar-refractivity contribution in [1.29, 1.82) is 0 Å². The Morgan fingerprint density at radius 3 is 2.00 bits per heavy atom. The number of carbonyl (C=O) groups excluding carboxylic acids is 1. The van der Waals surface area contributed by atoms with Crippen molar-refractivity contribution in [3.63, 3.8) is 0 Å². The average Bonchev–Trinajstić information content (AvgIpc) is 2.71. The van der Waals surface area contributed by atoms with Crippen LogP contribution >= 0.6 is 11.8 Å². The van der Waals surface area contributed by atoms with Gasteiger partial charge in [-0.1, -0.05) is 60.3 Å². The number of rotatable bonds is 4. The maximum atomic E-state index is 12.6. The van der Waals surface area contributed by atoms with Crippen LogP contribution in [-0.4, -0.2) is 12.2 Å². The molecule has 0 fully saturated rings. The summed E-state index contributed by atoms with van der Waals surface area (Å²) in [4.78, 5) is 12.6. The Morgan fingerprint density at radius 2 is 1.42 bits per heavy atom. The lowest BCUT2D eigenvalue weighted by Crippen LogP contribution is -1.96. The van der Waals surface area contributed by atoms with E-state index in [0.717, 1.165) is 5.75 Å². The molecule has 3 heteroatoms. The Balaban J connectivity index is 1.68. The van der Waals surface area contributed by atoms with Crippen molar-refractivity contribution >= 4 is 38.4 Å². The van der Waals surface area contributed by atoms with Crippen molar-refractivity contribution < 1.29 is 9.53 Å². The minimum absolute atomic E-state index is 0.0738. The minimum Gasteiger partial charge on any atom is -0.497 e. The highest BCUT2D eigenvalue weighted by Crippen LogP contribution is 2.32. The molecule has 0 N–H and O–H groups in total. The molecule has 0 unspecified atom stereocenters. The van der Waals surface area contributed by atoms with Gasteiger partial charge in [-0.15, -0.1) is 0 Å². The van der Waals surface area contributed by atoms with Gasteiger partial charge in [0.15, 0.2) is 0 Å². The summed E-state index contributed by atoms with van der Waals surface area (Å²) < 4.78 is 5.16. The van der Waals surface area contributed by atoms with Crippen LogP contribution in [0.3, 0.4) is 0 Å². The van der Waals surface area contributed by atoms with Crippen molar-refractivity contribution in [2.45, 2.75) is 5.75 Å². The van der Waals surface area contributed by atoms with Crippen LogP contribution in [0.15, 0.2) is 78.9 Å². The fraction of sp³-hybridized carbons (Fsp3) is 0.0870. The van der Waals surface area contributed by atoms with Crippen molar-refractivity contribution in [3.05, 3.63) is 90.0 Å². The summed E-state index contributed by atoms with van der Waals surface area (Å²) in [6, 6.07) is 26.2. The fourth-order valence-corrected chi connectivity index (χ4v) is 4.10. The zero-order valence-electron chi connectivity index (χ0n) is 14.4. The van der Waals surface area contributed by atoms with Gasteiger partial charge in [-0.25, -0.2) is 0 Å². The predicted octanol–water partition coefficient (Wildman–Crippen LogP) is 6.08. The lowest BCUT2D eigenvalue weighted by atomic mass is 9.98. The number of methoxy groups -OCH3 is 1. The van der Waals surface area contributed by atoms with Crippen molar-refractivity contribution in [2.24, 2.45) is 0 Å². The van der Waals surface area contributed by atoms with Gasteiger partial charge in [0, 0.05) is 11.3 Å². The Morgan fingerprint density at radius 1 is 0.846 bits per heavy atom. The van der Waals surface area contributed by atoms with E-state index < -0.39 is 0 Å². The average molecular weight is 358 g/mol. The molecule has 4 aromatic carbocycles. The summed E-state index contributed by atoms with van der Waals surface area (Å²) in [5.41, 5.74) is 1.91. The summed E-state index contributed by atoms with van der Waals surface area (Å²) in [5, 5.41) is 4.91.